The van der Waals surface area contributed by atoms with E-state index in [-0.39, 0.29) is 6.04 Å². The van der Waals surface area contributed by atoms with Crippen molar-refractivity contribution in [1.82, 2.24) is 9.62 Å². The van der Waals surface area contributed by atoms with Gasteiger partial charge in [-0.2, -0.15) is 4.31 Å². The van der Waals surface area contributed by atoms with Crippen LogP contribution < -0.4 is 5.32 Å². The Hall–Kier alpha value is -0.430. The third-order valence-electron chi connectivity index (χ3n) is 3.43. The molecule has 0 unspecified atom stereocenters. The van der Waals surface area contributed by atoms with Crippen molar-refractivity contribution >= 4 is 21.4 Å². The normalized spacial score (nSPS) is 12.8. The Balaban J connectivity index is 2.87. The standard InChI is InChI=1S/C14H26N2O2S2/c1-6-13(7-2)16(5)20(17,18)14-8-12(10-19-14)9-15-11(3)4/h8,10-11,13,15H,6-7,9H2,1-5H3. The highest BCUT2D eigenvalue weighted by atomic mass is 32.2. The SMILES string of the molecule is CCC(CC)N(C)S(=O)(=O)c1cc(CNC(C)C)cs1. The highest BCUT2D eigenvalue weighted by Crippen LogP contribution is 2.25. The Labute approximate surface area is 127 Å². The van der Waals surface area contributed by atoms with Crippen LogP contribution in [0.3, 0.4) is 0 Å². The van der Waals surface area contributed by atoms with Crippen LogP contribution in [0.4, 0.5) is 0 Å². The van der Waals surface area contributed by atoms with Gasteiger partial charge in [-0.1, -0.05) is 27.7 Å². The quantitative estimate of drug-likeness (QED) is 0.801. The van der Waals surface area contributed by atoms with Crippen LogP contribution in [-0.2, 0) is 16.6 Å². The Kier molecular flexibility index (Phi) is 6.64. The molecule has 0 aliphatic heterocycles. The van der Waals surface area contributed by atoms with Crippen LogP contribution in [0.25, 0.3) is 0 Å². The fourth-order valence-corrected chi connectivity index (χ4v) is 4.94. The van der Waals surface area contributed by atoms with Gasteiger partial charge in [0.2, 0.25) is 0 Å². The van der Waals surface area contributed by atoms with Crippen molar-refractivity contribution in [3.8, 4) is 0 Å². The van der Waals surface area contributed by atoms with Gasteiger partial charge in [0.1, 0.15) is 4.21 Å². The second kappa shape index (κ2) is 7.54. The Bertz CT molecular complexity index is 505. The summed E-state index contributed by atoms with van der Waals surface area (Å²) in [5, 5.41) is 5.22. The third-order valence-corrected chi connectivity index (χ3v) is 6.81. The maximum atomic E-state index is 12.6. The van der Waals surface area contributed by atoms with Gasteiger partial charge in [0.15, 0.2) is 0 Å². The summed E-state index contributed by atoms with van der Waals surface area (Å²) in [5.41, 5.74) is 1.03. The van der Waals surface area contributed by atoms with Crippen molar-refractivity contribution in [3.63, 3.8) is 0 Å². The smallest absolute Gasteiger partial charge is 0.252 e. The van der Waals surface area contributed by atoms with Crippen LogP contribution in [0.15, 0.2) is 15.7 Å². The summed E-state index contributed by atoms with van der Waals surface area (Å²) in [5.74, 6) is 0. The van der Waals surface area contributed by atoms with Crippen LogP contribution in [0.2, 0.25) is 0 Å². The fourth-order valence-electron chi connectivity index (χ4n) is 2.04. The molecule has 0 amide bonds. The lowest BCUT2D eigenvalue weighted by Crippen LogP contribution is -2.35. The molecule has 1 aromatic rings. The second-order valence-electron chi connectivity index (χ2n) is 5.30. The Morgan fingerprint density at radius 3 is 2.40 bits per heavy atom. The van der Waals surface area contributed by atoms with Gasteiger partial charge in [-0.15, -0.1) is 11.3 Å². The average Bonchev–Trinajstić information content (AvgIpc) is 2.87. The van der Waals surface area contributed by atoms with E-state index in [2.05, 4.69) is 19.2 Å². The Morgan fingerprint density at radius 1 is 1.30 bits per heavy atom. The predicted octanol–water partition coefficient (Wildman–Crippen LogP) is 3.06. The van der Waals surface area contributed by atoms with E-state index in [0.29, 0.717) is 16.8 Å². The number of thiophene rings is 1. The maximum absolute atomic E-state index is 12.6. The number of nitrogens with one attached hydrogen (secondary N) is 1. The van der Waals surface area contributed by atoms with Crippen molar-refractivity contribution in [2.75, 3.05) is 7.05 Å². The third kappa shape index (κ3) is 4.28. The topological polar surface area (TPSA) is 49.4 Å². The van der Waals surface area contributed by atoms with Crippen LogP contribution in [0.1, 0.15) is 46.1 Å². The minimum atomic E-state index is -3.36. The van der Waals surface area contributed by atoms with Crippen LogP contribution in [0, 0.1) is 0 Å². The van der Waals surface area contributed by atoms with E-state index in [9.17, 15) is 8.42 Å². The first kappa shape index (κ1) is 17.6. The predicted molar refractivity (Wildman–Crippen MR) is 85.6 cm³/mol. The van der Waals surface area contributed by atoms with Gasteiger partial charge in [0.05, 0.1) is 0 Å². The van der Waals surface area contributed by atoms with E-state index in [1.807, 2.05) is 19.2 Å². The van der Waals surface area contributed by atoms with Gasteiger partial charge in [-0.3, -0.25) is 0 Å². The molecule has 6 heteroatoms. The van der Waals surface area contributed by atoms with Crippen LogP contribution in [-0.4, -0.2) is 31.9 Å². The molecule has 0 spiro atoms. The summed E-state index contributed by atoms with van der Waals surface area (Å²) in [7, 11) is -1.68. The molecule has 0 aromatic carbocycles. The van der Waals surface area contributed by atoms with Gasteiger partial charge in [0, 0.05) is 25.7 Å². The largest absolute Gasteiger partial charge is 0.310 e. The molecule has 0 bridgehead atoms. The molecular formula is C14H26N2O2S2. The molecule has 0 radical (unpaired) electrons. The monoisotopic (exact) mass is 318 g/mol. The zero-order valence-corrected chi connectivity index (χ0v) is 14.6. The zero-order chi connectivity index (χ0) is 15.3. The van der Waals surface area contributed by atoms with Gasteiger partial charge in [-0.05, 0) is 29.9 Å². The number of rotatable bonds is 8. The highest BCUT2D eigenvalue weighted by molar-refractivity contribution is 7.91. The molecule has 1 aromatic heterocycles. The molecule has 20 heavy (non-hydrogen) atoms. The van der Waals surface area contributed by atoms with Gasteiger partial charge < -0.3 is 5.32 Å². The highest BCUT2D eigenvalue weighted by Gasteiger charge is 2.27. The molecular weight excluding hydrogens is 292 g/mol. The lowest BCUT2D eigenvalue weighted by molar-refractivity contribution is 0.350. The molecule has 4 nitrogen and oxygen atoms in total. The Morgan fingerprint density at radius 2 is 1.90 bits per heavy atom. The van der Waals surface area contributed by atoms with Crippen molar-refractivity contribution in [2.24, 2.45) is 0 Å². The first-order chi connectivity index (χ1) is 9.32. The first-order valence-corrected chi connectivity index (χ1v) is 9.43. The molecule has 0 aliphatic rings. The average molecular weight is 319 g/mol. The minimum absolute atomic E-state index is 0.0688. The minimum Gasteiger partial charge on any atom is -0.310 e. The molecule has 1 N–H and O–H groups in total. The maximum Gasteiger partial charge on any atom is 0.252 e. The van der Waals surface area contributed by atoms with Gasteiger partial charge in [-0.25, -0.2) is 8.42 Å². The van der Waals surface area contributed by atoms with Crippen molar-refractivity contribution in [1.29, 1.82) is 0 Å². The summed E-state index contributed by atoms with van der Waals surface area (Å²) in [6.45, 7) is 8.90. The van der Waals surface area contributed by atoms with Crippen LogP contribution in [0.5, 0.6) is 0 Å². The van der Waals surface area contributed by atoms with Crippen molar-refractivity contribution in [2.45, 2.75) is 63.4 Å². The summed E-state index contributed by atoms with van der Waals surface area (Å²) < 4.78 is 27.1. The van der Waals surface area contributed by atoms with Gasteiger partial charge in [0.25, 0.3) is 10.0 Å². The number of nitrogens with zero attached hydrogens (tertiary/aromatic N) is 1. The summed E-state index contributed by atoms with van der Waals surface area (Å²) in [6, 6.07) is 2.25. The van der Waals surface area contributed by atoms with E-state index in [1.54, 1.807) is 13.1 Å². The fraction of sp³-hybridized carbons (Fsp3) is 0.714. The molecule has 0 fully saturated rings. The van der Waals surface area contributed by atoms with Gasteiger partial charge >= 0.3 is 0 Å². The second-order valence-corrected chi connectivity index (χ2v) is 8.44. The molecule has 0 saturated heterocycles. The molecule has 0 atom stereocenters. The summed E-state index contributed by atoms with van der Waals surface area (Å²) in [4.78, 5) is 0. The van der Waals surface area contributed by atoms with E-state index in [1.165, 1.54) is 15.6 Å². The summed E-state index contributed by atoms with van der Waals surface area (Å²) >= 11 is 1.31. The zero-order valence-electron chi connectivity index (χ0n) is 13.0. The molecule has 116 valence electrons. The molecule has 0 saturated carbocycles. The van der Waals surface area contributed by atoms with E-state index < -0.39 is 10.0 Å². The van der Waals surface area contributed by atoms with E-state index in [0.717, 1.165) is 18.4 Å². The van der Waals surface area contributed by atoms with Crippen molar-refractivity contribution in [3.05, 3.63) is 17.0 Å². The number of hydrogen-bond acceptors (Lipinski definition) is 4. The van der Waals surface area contributed by atoms with E-state index in [4.69, 9.17) is 0 Å². The first-order valence-electron chi connectivity index (χ1n) is 7.11. The number of sulfonamides is 1. The molecule has 0 aliphatic carbocycles. The lowest BCUT2D eigenvalue weighted by Gasteiger charge is -2.24. The lowest BCUT2D eigenvalue weighted by atomic mass is 10.2. The number of hydrogen-bond donors (Lipinski definition) is 1. The molecule has 1 heterocycles. The summed E-state index contributed by atoms with van der Waals surface area (Å²) in [6.07, 6.45) is 1.67. The van der Waals surface area contributed by atoms with Crippen LogP contribution >= 0.6 is 11.3 Å². The molecule has 1 rings (SSSR count). The van der Waals surface area contributed by atoms with E-state index >= 15 is 0 Å². The van der Waals surface area contributed by atoms with Crippen molar-refractivity contribution < 1.29 is 8.42 Å².